The van der Waals surface area contributed by atoms with E-state index in [9.17, 15) is 17.6 Å². The van der Waals surface area contributed by atoms with Crippen molar-refractivity contribution in [2.45, 2.75) is 12.9 Å². The number of hydrogen-bond donors (Lipinski definition) is 0. The van der Waals surface area contributed by atoms with Crippen molar-refractivity contribution in [1.29, 1.82) is 0 Å². The lowest BCUT2D eigenvalue weighted by Gasteiger charge is -2.12. The third-order valence-corrected chi connectivity index (χ3v) is 7.62. The quantitative estimate of drug-likeness (QED) is 0.113. The van der Waals surface area contributed by atoms with Gasteiger partial charge in [0.2, 0.25) is 0 Å². The zero-order chi connectivity index (χ0) is 31.8. The van der Waals surface area contributed by atoms with Crippen LogP contribution in [0.15, 0.2) is 69.7 Å². The molecular weight excluding hydrogens is 686 g/mol. The number of benzene rings is 2. The second-order valence-corrected chi connectivity index (χ2v) is 10.4. The first-order valence-electron chi connectivity index (χ1n) is 12.4. The molecule has 6 aromatic rings. The van der Waals surface area contributed by atoms with E-state index >= 15 is 0 Å². The Labute approximate surface area is 269 Å². The largest absolute Gasteiger partial charge is 0.388 e. The number of ether oxygens (including phenoxy) is 1. The summed E-state index contributed by atoms with van der Waals surface area (Å²) in [7, 11) is 0. The highest BCUT2D eigenvalue weighted by molar-refractivity contribution is 6.43. The molecule has 4 aromatic heterocycles. The normalized spacial score (nSPS) is 11.5. The molecule has 4 heterocycles. The summed E-state index contributed by atoms with van der Waals surface area (Å²) in [6, 6.07) is 14.4. The van der Waals surface area contributed by atoms with E-state index in [0.717, 1.165) is 12.1 Å². The van der Waals surface area contributed by atoms with Gasteiger partial charge in [0.05, 0.1) is 11.4 Å². The van der Waals surface area contributed by atoms with Gasteiger partial charge in [-0.3, -0.25) is 0 Å². The van der Waals surface area contributed by atoms with Crippen LogP contribution in [-0.4, -0.2) is 30.2 Å². The minimum Gasteiger partial charge on any atom is -0.388 e. The maximum absolute atomic E-state index is 13.2. The summed E-state index contributed by atoms with van der Waals surface area (Å²) < 4.78 is 68.6. The van der Waals surface area contributed by atoms with E-state index in [1.807, 2.05) is 0 Å². The summed E-state index contributed by atoms with van der Waals surface area (Å²) in [5.41, 5.74) is 0.316. The fraction of sp³-hybridized carbons (Fsp3) is 0.0714. The molecule has 0 aliphatic carbocycles. The van der Waals surface area contributed by atoms with E-state index in [-0.39, 0.29) is 55.3 Å². The molecular formula is C28H12Cl4F4N6O3. The van der Waals surface area contributed by atoms with E-state index in [1.54, 1.807) is 48.5 Å². The van der Waals surface area contributed by atoms with Crippen LogP contribution in [0, 0.1) is 0 Å². The Balaban J connectivity index is 1.40. The maximum atomic E-state index is 13.2. The zero-order valence-corrected chi connectivity index (χ0v) is 24.9. The van der Waals surface area contributed by atoms with Gasteiger partial charge in [-0.2, -0.15) is 19.9 Å². The monoisotopic (exact) mass is 696 g/mol. The fourth-order valence-corrected chi connectivity index (χ4v) is 4.87. The Hall–Kier alpha value is -4.30. The molecule has 0 aliphatic rings. The van der Waals surface area contributed by atoms with Crippen LogP contribution >= 0.6 is 46.4 Å². The molecule has 0 bridgehead atoms. The molecule has 0 aliphatic heterocycles. The van der Waals surface area contributed by atoms with Gasteiger partial charge in [-0.25, -0.2) is 17.6 Å². The number of halogens is 8. The topological polar surface area (TPSA) is 113 Å². The number of nitrogens with zero attached hydrogens (tertiary/aromatic N) is 6. The highest BCUT2D eigenvalue weighted by atomic mass is 35.5. The fourth-order valence-electron chi connectivity index (χ4n) is 4.18. The SMILES string of the molecule is FC(F)c1cc(-c2ccccc2-c2nc(Oc3nc(Cl)c(Cl)c(-c4ccccc4-c4cc(C(F)F)no4)n3)nc(Cl)c2Cl)on1. The van der Waals surface area contributed by atoms with Crippen molar-refractivity contribution in [3.05, 3.63) is 92.4 Å². The lowest BCUT2D eigenvalue weighted by molar-refractivity contribution is 0.140. The van der Waals surface area contributed by atoms with Crippen molar-refractivity contribution >= 4 is 46.4 Å². The number of aromatic nitrogens is 6. The molecule has 0 N–H and O–H groups in total. The first-order valence-corrected chi connectivity index (χ1v) is 13.9. The molecule has 228 valence electrons. The number of rotatable bonds is 8. The Bertz CT molecular complexity index is 1900. The number of hydrogen-bond acceptors (Lipinski definition) is 9. The molecule has 0 radical (unpaired) electrons. The molecule has 45 heavy (non-hydrogen) atoms. The van der Waals surface area contributed by atoms with Gasteiger partial charge in [0, 0.05) is 34.4 Å². The third kappa shape index (κ3) is 6.16. The van der Waals surface area contributed by atoms with Crippen molar-refractivity contribution in [1.82, 2.24) is 30.2 Å². The van der Waals surface area contributed by atoms with E-state index in [0.29, 0.717) is 22.3 Å². The molecule has 0 saturated heterocycles. The lowest BCUT2D eigenvalue weighted by atomic mass is 10.0. The highest BCUT2D eigenvalue weighted by Crippen LogP contribution is 2.41. The van der Waals surface area contributed by atoms with Gasteiger partial charge in [-0.05, 0) is 0 Å². The Morgan fingerprint density at radius 2 is 0.933 bits per heavy atom. The van der Waals surface area contributed by atoms with E-state index in [4.69, 9.17) is 60.2 Å². The zero-order valence-electron chi connectivity index (χ0n) is 21.9. The van der Waals surface area contributed by atoms with Crippen LogP contribution in [-0.2, 0) is 0 Å². The van der Waals surface area contributed by atoms with Crippen molar-refractivity contribution in [3.63, 3.8) is 0 Å². The second-order valence-electron chi connectivity index (χ2n) is 8.95. The number of alkyl halides is 4. The molecule has 0 spiro atoms. The first-order chi connectivity index (χ1) is 21.6. The van der Waals surface area contributed by atoms with Crippen molar-refractivity contribution in [2.24, 2.45) is 0 Å². The molecule has 0 fully saturated rings. The van der Waals surface area contributed by atoms with E-state index in [2.05, 4.69) is 30.2 Å². The molecule has 0 saturated carbocycles. The molecule has 0 atom stereocenters. The Kier molecular flexibility index (Phi) is 8.60. The van der Waals surface area contributed by atoms with Gasteiger partial charge in [-0.15, -0.1) is 0 Å². The molecule has 2 aromatic carbocycles. The Morgan fingerprint density at radius 1 is 0.556 bits per heavy atom. The summed E-state index contributed by atoms with van der Waals surface area (Å²) in [6.07, 6.45) is -5.69. The van der Waals surface area contributed by atoms with Crippen molar-refractivity contribution < 1.29 is 31.3 Å². The highest BCUT2D eigenvalue weighted by Gasteiger charge is 2.24. The van der Waals surface area contributed by atoms with Crippen LogP contribution in [0.25, 0.3) is 45.2 Å². The minimum atomic E-state index is -2.85. The van der Waals surface area contributed by atoms with Crippen LogP contribution in [0.5, 0.6) is 12.0 Å². The molecule has 9 nitrogen and oxygen atoms in total. The summed E-state index contributed by atoms with van der Waals surface area (Å²) in [4.78, 5) is 16.8. The molecule has 0 amide bonds. The maximum Gasteiger partial charge on any atom is 0.326 e. The predicted molar refractivity (Wildman–Crippen MR) is 156 cm³/mol. The third-order valence-electron chi connectivity index (χ3n) is 6.16. The molecule has 0 unspecified atom stereocenters. The average Bonchev–Trinajstić information content (AvgIpc) is 3.72. The van der Waals surface area contributed by atoms with Crippen LogP contribution in [0.1, 0.15) is 24.2 Å². The average molecular weight is 698 g/mol. The smallest absolute Gasteiger partial charge is 0.326 e. The summed E-state index contributed by atoms with van der Waals surface area (Å²) in [5.74, 6) is 0.0513. The van der Waals surface area contributed by atoms with Crippen LogP contribution in [0.4, 0.5) is 17.6 Å². The van der Waals surface area contributed by atoms with Gasteiger partial charge >= 0.3 is 12.0 Å². The minimum absolute atomic E-state index is 0.0257. The van der Waals surface area contributed by atoms with Crippen molar-refractivity contribution in [3.8, 4) is 57.2 Å². The summed E-state index contributed by atoms with van der Waals surface area (Å²) in [6.45, 7) is 0. The summed E-state index contributed by atoms with van der Waals surface area (Å²) >= 11 is 25.6. The Morgan fingerprint density at radius 3 is 1.29 bits per heavy atom. The second kappa shape index (κ2) is 12.6. The molecule has 6 rings (SSSR count). The van der Waals surface area contributed by atoms with Crippen LogP contribution in [0.2, 0.25) is 20.4 Å². The van der Waals surface area contributed by atoms with E-state index < -0.39 is 24.2 Å². The van der Waals surface area contributed by atoms with Crippen molar-refractivity contribution in [2.75, 3.05) is 0 Å². The van der Waals surface area contributed by atoms with Crippen LogP contribution < -0.4 is 4.74 Å². The van der Waals surface area contributed by atoms with Gasteiger partial charge in [0.15, 0.2) is 21.8 Å². The van der Waals surface area contributed by atoms with Crippen LogP contribution in [0.3, 0.4) is 0 Å². The predicted octanol–water partition coefficient (Wildman–Crippen LogP) is 10.2. The van der Waals surface area contributed by atoms with E-state index in [1.165, 1.54) is 0 Å². The standard InChI is InChI=1S/C28H12Cl4F4N6O3/c29-19-21(13-7-3-1-5-11(13)17-9-15(25(33)34)41-44-17)37-27(39-23(19)31)43-28-38-22(20(30)24(32)40-28)14-8-4-2-6-12(14)18-10-16(26(35)36)42-45-18/h1-10,25-26H. The lowest BCUT2D eigenvalue weighted by Crippen LogP contribution is -2.01. The van der Waals surface area contributed by atoms with Gasteiger partial charge < -0.3 is 13.8 Å². The van der Waals surface area contributed by atoms with Gasteiger partial charge in [0.1, 0.15) is 21.4 Å². The van der Waals surface area contributed by atoms with Gasteiger partial charge in [0.25, 0.3) is 12.9 Å². The summed E-state index contributed by atoms with van der Waals surface area (Å²) in [5, 5.41) is 6.20. The molecule has 17 heteroatoms. The first kappa shape index (κ1) is 30.7. The van der Waals surface area contributed by atoms with Gasteiger partial charge in [-0.1, -0.05) is 105 Å².